The number of H-pyrrole nitrogens is 1. The molecule has 27 heteroatoms. The van der Waals surface area contributed by atoms with E-state index in [4.69, 9.17) is 46.0 Å². The topological polar surface area (TPSA) is 233 Å². The van der Waals surface area contributed by atoms with Crippen LogP contribution in [-0.2, 0) is 32.0 Å². The number of carbonyl (C=O) groups excluding carboxylic acids is 1. The van der Waals surface area contributed by atoms with Gasteiger partial charge in [0.15, 0.2) is 12.4 Å². The third-order valence-electron chi connectivity index (χ3n) is 8.53. The van der Waals surface area contributed by atoms with Crippen LogP contribution in [-0.4, -0.2) is 107 Å². The first kappa shape index (κ1) is 50.0. The molecular formula is C37H32ClF9N8O8S. The monoisotopic (exact) mass is 954 g/mol. The number of aromatic nitrogens is 5. The van der Waals surface area contributed by atoms with Crippen LogP contribution in [0, 0.1) is 0 Å². The molecule has 7 rings (SSSR count). The van der Waals surface area contributed by atoms with Gasteiger partial charge in [0.2, 0.25) is 5.95 Å². The maximum atomic E-state index is 13.2. The number of benzene rings is 1. The maximum Gasteiger partial charge on any atom is 0.490 e. The summed E-state index contributed by atoms with van der Waals surface area (Å²) in [5, 5.41) is 38.1. The van der Waals surface area contributed by atoms with Crippen molar-refractivity contribution in [3.05, 3.63) is 88.3 Å². The molecule has 0 atom stereocenters. The Kier molecular flexibility index (Phi) is 16.9. The predicted molar refractivity (Wildman–Crippen MR) is 209 cm³/mol. The summed E-state index contributed by atoms with van der Waals surface area (Å²) in [5.74, 6) is -6.37. The lowest BCUT2D eigenvalue weighted by atomic mass is 9.93. The number of nitrogens with one attached hydrogen (secondary N) is 3. The number of piperidine rings is 1. The zero-order valence-corrected chi connectivity index (χ0v) is 33.8. The summed E-state index contributed by atoms with van der Waals surface area (Å²) in [6, 6.07) is 14.1. The van der Waals surface area contributed by atoms with E-state index in [2.05, 4.69) is 53.3 Å². The van der Waals surface area contributed by atoms with E-state index in [0.29, 0.717) is 48.0 Å². The van der Waals surface area contributed by atoms with Gasteiger partial charge < -0.3 is 35.6 Å². The number of hydrogen-bond donors (Lipinski definition) is 6. The van der Waals surface area contributed by atoms with Crippen molar-refractivity contribution in [3.63, 3.8) is 0 Å². The van der Waals surface area contributed by atoms with Gasteiger partial charge in [0.1, 0.15) is 10.8 Å². The SMILES string of the molecule is O=C(COc1ccc2cc1CCc1cncc(c1)Nc1ncc(Cl)c(n1)N2)N1CCC(c2cc(-c3cccs3)[nH]n2)CC1.O=C(O)C(F)(F)F.O=C(O)C(F)(F)F.O=C(O)C(F)(F)F. The van der Waals surface area contributed by atoms with Crippen molar-refractivity contribution < 1.29 is 78.7 Å². The third kappa shape index (κ3) is 15.3. The number of aliphatic carboxylic acids is 3. The number of likely N-dealkylation sites (tertiary alicyclic amines) is 1. The van der Waals surface area contributed by atoms with Crippen molar-refractivity contribution in [1.82, 2.24) is 30.0 Å². The van der Waals surface area contributed by atoms with Crippen LogP contribution in [0.5, 0.6) is 5.75 Å². The molecule has 6 heterocycles. The fraction of sp³-hybridized carbons (Fsp3) is 0.297. The van der Waals surface area contributed by atoms with Crippen LogP contribution in [0.2, 0.25) is 5.02 Å². The van der Waals surface area contributed by atoms with E-state index < -0.39 is 36.4 Å². The summed E-state index contributed by atoms with van der Waals surface area (Å²) >= 11 is 8.08. The number of pyridine rings is 1. The van der Waals surface area contributed by atoms with Crippen molar-refractivity contribution >= 4 is 69.9 Å². The Morgan fingerprint density at radius 2 is 1.44 bits per heavy atom. The lowest BCUT2D eigenvalue weighted by Gasteiger charge is -2.31. The number of halogens is 10. The quantitative estimate of drug-likeness (QED) is 0.0911. The largest absolute Gasteiger partial charge is 0.490 e. The van der Waals surface area contributed by atoms with Gasteiger partial charge in [0.05, 0.1) is 34.3 Å². The third-order valence-corrected chi connectivity index (χ3v) is 9.71. The summed E-state index contributed by atoms with van der Waals surface area (Å²) in [5.41, 5.74) is 5.74. The van der Waals surface area contributed by atoms with Crippen LogP contribution >= 0.6 is 22.9 Å². The normalized spacial score (nSPS) is 13.8. The molecule has 64 heavy (non-hydrogen) atoms. The smallest absolute Gasteiger partial charge is 0.483 e. The lowest BCUT2D eigenvalue weighted by Crippen LogP contribution is -2.40. The molecule has 6 N–H and O–H groups in total. The molecule has 1 fully saturated rings. The highest BCUT2D eigenvalue weighted by Crippen LogP contribution is 2.33. The average molecular weight is 955 g/mol. The van der Waals surface area contributed by atoms with Crippen LogP contribution in [0.1, 0.15) is 35.6 Å². The van der Waals surface area contributed by atoms with Crippen LogP contribution in [0.25, 0.3) is 10.6 Å². The van der Waals surface area contributed by atoms with Crippen LogP contribution in [0.4, 0.5) is 62.7 Å². The molecule has 4 aromatic heterocycles. The highest BCUT2D eigenvalue weighted by molar-refractivity contribution is 7.13. The molecule has 0 unspecified atom stereocenters. The van der Waals surface area contributed by atoms with Gasteiger partial charge in [-0.2, -0.15) is 49.6 Å². The van der Waals surface area contributed by atoms with Gasteiger partial charge in [-0.25, -0.2) is 19.4 Å². The Bertz CT molecular complexity index is 2340. The Morgan fingerprint density at radius 3 is 2.02 bits per heavy atom. The van der Waals surface area contributed by atoms with Gasteiger partial charge >= 0.3 is 36.4 Å². The van der Waals surface area contributed by atoms with E-state index in [9.17, 15) is 44.3 Å². The second-order valence-electron chi connectivity index (χ2n) is 13.1. The molecule has 344 valence electrons. The van der Waals surface area contributed by atoms with Crippen LogP contribution in [0.15, 0.2) is 66.4 Å². The molecular weight excluding hydrogens is 923 g/mol. The van der Waals surface area contributed by atoms with Gasteiger partial charge in [0.25, 0.3) is 5.91 Å². The molecule has 0 saturated carbocycles. The fourth-order valence-electron chi connectivity index (χ4n) is 5.51. The van der Waals surface area contributed by atoms with Crippen molar-refractivity contribution in [2.45, 2.75) is 50.1 Å². The summed E-state index contributed by atoms with van der Waals surface area (Å²) in [7, 11) is 0. The first-order valence-electron chi connectivity index (χ1n) is 17.9. The minimum atomic E-state index is -5.08. The molecule has 1 aromatic carbocycles. The number of ether oxygens (including phenoxy) is 1. The van der Waals surface area contributed by atoms with Gasteiger partial charge in [-0.15, -0.1) is 11.3 Å². The number of thiophene rings is 1. The number of anilines is 4. The van der Waals surface area contributed by atoms with E-state index in [1.807, 2.05) is 41.4 Å². The second kappa shape index (κ2) is 21.6. The molecule has 0 aliphatic carbocycles. The molecule has 2 aliphatic rings. The molecule has 0 radical (unpaired) electrons. The van der Waals surface area contributed by atoms with E-state index >= 15 is 0 Å². The molecule has 2 aliphatic heterocycles. The van der Waals surface area contributed by atoms with Crippen molar-refractivity contribution in [2.75, 3.05) is 30.3 Å². The number of carboxylic acids is 3. The van der Waals surface area contributed by atoms with Crippen molar-refractivity contribution in [3.8, 4) is 16.3 Å². The molecule has 16 nitrogen and oxygen atoms in total. The van der Waals surface area contributed by atoms with Crippen LogP contribution in [0.3, 0.4) is 0 Å². The summed E-state index contributed by atoms with van der Waals surface area (Å²) in [4.78, 5) is 56.1. The minimum absolute atomic E-state index is 0.0120. The average Bonchev–Trinajstić information content (AvgIpc) is 3.94. The summed E-state index contributed by atoms with van der Waals surface area (Å²) < 4.78 is 101. The lowest BCUT2D eigenvalue weighted by molar-refractivity contribution is -0.193. The number of nitrogens with zero attached hydrogens (tertiary/aromatic N) is 5. The number of amides is 1. The Morgan fingerprint density at radius 1 is 0.812 bits per heavy atom. The van der Waals surface area contributed by atoms with E-state index in [0.717, 1.165) is 53.2 Å². The Hall–Kier alpha value is -6.70. The number of hydrogen-bond acceptors (Lipinski definition) is 12. The van der Waals surface area contributed by atoms with E-state index in [-0.39, 0.29) is 12.5 Å². The highest BCUT2D eigenvalue weighted by atomic mass is 35.5. The van der Waals surface area contributed by atoms with Crippen molar-refractivity contribution in [1.29, 1.82) is 0 Å². The second-order valence-corrected chi connectivity index (χ2v) is 14.4. The molecule has 6 bridgehead atoms. The Labute approximate surface area is 363 Å². The van der Waals surface area contributed by atoms with Gasteiger partial charge in [-0.05, 0) is 78.6 Å². The van der Waals surface area contributed by atoms with Crippen molar-refractivity contribution in [2.24, 2.45) is 0 Å². The number of carbonyl (C=O) groups is 4. The first-order chi connectivity index (χ1) is 29.9. The van der Waals surface area contributed by atoms with Gasteiger partial charge in [-0.3, -0.25) is 14.9 Å². The number of rotatable bonds is 5. The minimum Gasteiger partial charge on any atom is -0.483 e. The molecule has 1 saturated heterocycles. The van der Waals surface area contributed by atoms with Crippen LogP contribution < -0.4 is 15.4 Å². The van der Waals surface area contributed by atoms with Gasteiger partial charge in [0, 0.05) is 30.9 Å². The number of aromatic amines is 1. The predicted octanol–water partition coefficient (Wildman–Crippen LogP) is 8.25. The number of carboxylic acid groups (broad SMARTS) is 3. The maximum absolute atomic E-state index is 13.2. The zero-order valence-electron chi connectivity index (χ0n) is 32.2. The standard InChI is InChI=1S/C31H29ClN8O2S.3C2HF3O2/c32-24-17-34-31-36-23-12-19(15-33-16-23)3-4-21-13-22(35-30(24)37-31)5-6-27(21)42-18-29(41)40-9-7-20(8-10-40)25-14-26(39-38-25)28-2-1-11-43-28;3*3-2(4,5)1(6)7/h1-2,5-6,11-17,20H,3-4,7-10,18H2,(H,38,39)(H2,34,35,36,37);3*(H,6,7). The molecule has 1 amide bonds. The zero-order chi connectivity index (χ0) is 47.4. The number of alkyl halides is 9. The molecule has 5 aromatic rings. The van der Waals surface area contributed by atoms with E-state index in [1.54, 1.807) is 23.7 Å². The summed E-state index contributed by atoms with van der Waals surface area (Å²) in [6.45, 7) is 1.35. The van der Waals surface area contributed by atoms with E-state index in [1.165, 1.54) is 4.88 Å². The number of fused-ring (bicyclic) bond motifs is 6. The summed E-state index contributed by atoms with van der Waals surface area (Å²) in [6.07, 6.45) is -6.92. The molecule has 0 spiro atoms. The fourth-order valence-corrected chi connectivity index (χ4v) is 6.34. The number of aryl methyl sites for hydroxylation is 2. The highest BCUT2D eigenvalue weighted by Gasteiger charge is 2.39. The first-order valence-corrected chi connectivity index (χ1v) is 19.2. The Balaban J connectivity index is 0.000000355. The van der Waals surface area contributed by atoms with Gasteiger partial charge in [-0.1, -0.05) is 17.7 Å².